The van der Waals surface area contributed by atoms with Crippen LogP contribution in [0.4, 0.5) is 0 Å². The maximum atomic E-state index is 3.48. The Balaban J connectivity index is -0.0000000177. The van der Waals surface area contributed by atoms with Crippen LogP contribution in [0.25, 0.3) is 0 Å². The third-order valence-electron chi connectivity index (χ3n) is 1.11. The Hall–Kier alpha value is -0.260. The maximum Gasteiger partial charge on any atom is -0.0382 e. The lowest BCUT2D eigenvalue weighted by atomic mass is 10.2. The van der Waals surface area contributed by atoms with Gasteiger partial charge < -0.3 is 0 Å². The summed E-state index contributed by atoms with van der Waals surface area (Å²) in [6.45, 7) is 47.2. The molecule has 0 rings (SSSR count). The smallest absolute Gasteiger partial charge is 0.0382 e. The van der Waals surface area contributed by atoms with Crippen LogP contribution in [0.15, 0.2) is 12.7 Å². The van der Waals surface area contributed by atoms with Gasteiger partial charge in [-0.25, -0.2) is 0 Å². The molecule has 0 aromatic heterocycles. The van der Waals surface area contributed by atoms with E-state index in [2.05, 4.69) is 82.7 Å². The summed E-state index contributed by atoms with van der Waals surface area (Å²) in [6.07, 6.45) is 6.76. The van der Waals surface area contributed by atoms with Gasteiger partial charge in [-0.2, -0.15) is 0 Å². The van der Waals surface area contributed by atoms with Crippen LogP contribution in [0.2, 0.25) is 0 Å². The van der Waals surface area contributed by atoms with Crippen molar-refractivity contribution in [3.63, 3.8) is 0 Å². The van der Waals surface area contributed by atoms with Crippen molar-refractivity contribution in [2.45, 2.75) is 171 Å². The first-order chi connectivity index (χ1) is 13.7. The molecule has 0 nitrogen and oxygen atoms in total. The lowest BCUT2D eigenvalue weighted by Gasteiger charge is -1.90. The molecule has 0 bridgehead atoms. The fourth-order valence-corrected chi connectivity index (χ4v) is 0. The van der Waals surface area contributed by atoms with Crippen molar-refractivity contribution in [3.05, 3.63) is 12.7 Å². The highest BCUT2D eigenvalue weighted by molar-refractivity contribution is 4.60. The molecule has 0 saturated heterocycles. The summed E-state index contributed by atoms with van der Waals surface area (Å²) >= 11 is 0. The summed E-state index contributed by atoms with van der Waals surface area (Å²) in [5.74, 6) is 1.72. The van der Waals surface area contributed by atoms with Crippen molar-refractivity contribution >= 4 is 0 Å². The zero-order valence-corrected chi connectivity index (χ0v) is 26.3. The SMILES string of the molecule is C=CCC.CC.CC.CC.CC.CC.CC(C)C.CCC.CCC.CCC(C)C. The Bertz CT molecular complexity index is 85.5. The van der Waals surface area contributed by atoms with E-state index in [1.165, 1.54) is 19.3 Å². The topological polar surface area (TPSA) is 0 Å². The highest BCUT2D eigenvalue weighted by atomic mass is 13.9. The normalized spacial score (nSPS) is 6.03. The minimum Gasteiger partial charge on any atom is -0.103 e. The minimum absolute atomic E-state index is 0.833. The third-order valence-corrected chi connectivity index (χ3v) is 1.11. The highest BCUT2D eigenvalue weighted by Gasteiger charge is 1.80. The molecular weight excluding hydrogens is 348 g/mol. The van der Waals surface area contributed by atoms with Crippen LogP contribution in [-0.2, 0) is 0 Å². The second-order valence-electron chi connectivity index (χ2n) is 5.65. The van der Waals surface area contributed by atoms with E-state index in [0.717, 1.165) is 18.3 Å². The first-order valence-electron chi connectivity index (χ1n) is 13.4. The van der Waals surface area contributed by atoms with Crippen molar-refractivity contribution in [3.8, 4) is 0 Å². The average molecular weight is 425 g/mol. The molecule has 0 N–H and O–H groups in total. The quantitative estimate of drug-likeness (QED) is 0.386. The van der Waals surface area contributed by atoms with Crippen LogP contribution >= 0.6 is 0 Å². The van der Waals surface area contributed by atoms with Gasteiger partial charge in [-0.15, -0.1) is 6.58 Å². The van der Waals surface area contributed by atoms with E-state index in [4.69, 9.17) is 0 Å². The van der Waals surface area contributed by atoms with Gasteiger partial charge >= 0.3 is 0 Å². The van der Waals surface area contributed by atoms with Crippen LogP contribution in [-0.4, -0.2) is 0 Å². The van der Waals surface area contributed by atoms with Gasteiger partial charge in [0.15, 0.2) is 0 Å². The predicted octanol–water partition coefficient (Wildman–Crippen LogP) is 13.3. The standard InChI is InChI=1S/C5H12.C4H10.C4H8.2C3H8.5C2H6/c1-4-5(2)3;1-4(2)3;1-3-4-2;2*1-3-2;5*1-2/h5H,4H2,1-3H3;4H,1-3H3;3H,1,4H2,2H3;2*3H2,1-2H3;5*1-2H3. The third kappa shape index (κ3) is 2450. The first kappa shape index (κ1) is 63.0. The molecule has 0 heteroatoms. The van der Waals surface area contributed by atoms with E-state index >= 15 is 0 Å². The largest absolute Gasteiger partial charge is 0.103 e. The van der Waals surface area contributed by atoms with Gasteiger partial charge in [-0.1, -0.05) is 171 Å². The fraction of sp³-hybridized carbons (Fsp3) is 0.931. The van der Waals surface area contributed by atoms with E-state index in [0.29, 0.717) is 0 Å². The van der Waals surface area contributed by atoms with Crippen molar-refractivity contribution in [2.24, 2.45) is 11.8 Å². The molecule has 0 aliphatic carbocycles. The highest BCUT2D eigenvalue weighted by Crippen LogP contribution is 1.93. The lowest BCUT2D eigenvalue weighted by molar-refractivity contribution is 0.626. The molecule has 0 aliphatic rings. The summed E-state index contributed by atoms with van der Waals surface area (Å²) < 4.78 is 0. The number of hydrogen-bond donors (Lipinski definition) is 0. The molecule has 192 valence electrons. The van der Waals surface area contributed by atoms with Crippen LogP contribution in [0.3, 0.4) is 0 Å². The Labute approximate surface area is 195 Å². The summed E-state index contributed by atoms with van der Waals surface area (Å²) in [7, 11) is 0. The van der Waals surface area contributed by atoms with E-state index in [1.807, 2.05) is 75.3 Å². The molecule has 0 spiro atoms. The first-order valence-corrected chi connectivity index (χ1v) is 13.4. The Morgan fingerprint density at radius 3 is 0.586 bits per heavy atom. The predicted molar refractivity (Wildman–Crippen MR) is 155 cm³/mol. The lowest BCUT2D eigenvalue weighted by Crippen LogP contribution is -1.77. The summed E-state index contributed by atoms with van der Waals surface area (Å²) in [4.78, 5) is 0. The van der Waals surface area contributed by atoms with E-state index in [-0.39, 0.29) is 0 Å². The summed E-state index contributed by atoms with van der Waals surface area (Å²) in [5.41, 5.74) is 0. The zero-order chi connectivity index (χ0) is 26.7. The van der Waals surface area contributed by atoms with Crippen LogP contribution in [0.1, 0.15) is 171 Å². The Morgan fingerprint density at radius 2 is 0.586 bits per heavy atom. The van der Waals surface area contributed by atoms with Crippen LogP contribution < -0.4 is 0 Å². The second-order valence-corrected chi connectivity index (χ2v) is 5.65. The number of hydrogen-bond acceptors (Lipinski definition) is 0. The van der Waals surface area contributed by atoms with E-state index in [1.54, 1.807) is 0 Å². The van der Waals surface area contributed by atoms with Crippen LogP contribution in [0.5, 0.6) is 0 Å². The van der Waals surface area contributed by atoms with Gasteiger partial charge in [-0.3, -0.25) is 0 Å². The summed E-state index contributed by atoms with van der Waals surface area (Å²) in [5, 5.41) is 0. The van der Waals surface area contributed by atoms with Crippen molar-refractivity contribution < 1.29 is 0 Å². The molecule has 0 radical (unpaired) electrons. The van der Waals surface area contributed by atoms with Crippen molar-refractivity contribution in [1.82, 2.24) is 0 Å². The minimum atomic E-state index is 0.833. The maximum absolute atomic E-state index is 3.48. The molecule has 0 heterocycles. The monoisotopic (exact) mass is 425 g/mol. The average Bonchev–Trinajstić information content (AvgIpc) is 2.76. The molecule has 0 unspecified atom stereocenters. The van der Waals surface area contributed by atoms with Crippen LogP contribution in [0, 0.1) is 11.8 Å². The van der Waals surface area contributed by atoms with Gasteiger partial charge in [0.25, 0.3) is 0 Å². The molecule has 29 heavy (non-hydrogen) atoms. The Kier molecular flexibility index (Phi) is 373. The number of allylic oxidation sites excluding steroid dienone is 1. The fourth-order valence-electron chi connectivity index (χ4n) is 0. The summed E-state index contributed by atoms with van der Waals surface area (Å²) in [6, 6.07) is 0. The van der Waals surface area contributed by atoms with Gasteiger partial charge in [-0.05, 0) is 18.3 Å². The molecule has 0 saturated carbocycles. The molecular formula is C29H76. The molecule has 0 atom stereocenters. The van der Waals surface area contributed by atoms with Gasteiger partial charge in [0.2, 0.25) is 0 Å². The van der Waals surface area contributed by atoms with E-state index < -0.39 is 0 Å². The molecule has 0 aromatic rings. The van der Waals surface area contributed by atoms with Gasteiger partial charge in [0.1, 0.15) is 0 Å². The molecule has 0 aliphatic heterocycles. The van der Waals surface area contributed by atoms with Crippen molar-refractivity contribution in [2.75, 3.05) is 0 Å². The number of rotatable bonds is 2. The zero-order valence-electron chi connectivity index (χ0n) is 26.3. The Morgan fingerprint density at radius 1 is 0.517 bits per heavy atom. The second kappa shape index (κ2) is 172. The molecule has 0 fully saturated rings. The van der Waals surface area contributed by atoms with E-state index in [9.17, 15) is 0 Å². The van der Waals surface area contributed by atoms with Gasteiger partial charge in [0, 0.05) is 0 Å². The van der Waals surface area contributed by atoms with Gasteiger partial charge in [0.05, 0.1) is 0 Å². The molecule has 0 aromatic carbocycles. The van der Waals surface area contributed by atoms with Crippen molar-refractivity contribution in [1.29, 1.82) is 0 Å². The molecule has 0 amide bonds.